The Balaban J connectivity index is 1.20. The number of hydrogen-bond donors (Lipinski definition) is 0. The van der Waals surface area contributed by atoms with Crippen molar-refractivity contribution >= 4 is 92.2 Å². The van der Waals surface area contributed by atoms with E-state index in [9.17, 15) is 0 Å². The fourth-order valence-electron chi connectivity index (χ4n) is 7.43. The van der Waals surface area contributed by atoms with Gasteiger partial charge in [0.15, 0.2) is 11.2 Å². The van der Waals surface area contributed by atoms with E-state index in [2.05, 4.69) is 133 Å². The van der Waals surface area contributed by atoms with Crippen molar-refractivity contribution in [1.82, 2.24) is 0 Å². The van der Waals surface area contributed by atoms with Crippen LogP contribution < -0.4 is 0 Å². The summed E-state index contributed by atoms with van der Waals surface area (Å²) in [6.45, 7) is 2.05. The second kappa shape index (κ2) is 10.6. The maximum atomic E-state index is 6.62. The minimum absolute atomic E-state index is 0.794. The van der Waals surface area contributed by atoms with E-state index in [-0.39, 0.29) is 0 Å². The Hall–Kier alpha value is -5.90. The van der Waals surface area contributed by atoms with E-state index in [1.54, 1.807) is 0 Å². The molecule has 0 saturated carbocycles. The predicted molar refractivity (Wildman–Crippen MR) is 206 cm³/mol. The van der Waals surface area contributed by atoms with Crippen LogP contribution in [-0.4, -0.2) is 0 Å². The maximum Gasteiger partial charge on any atom is 0.178 e. The van der Waals surface area contributed by atoms with E-state index in [0.29, 0.717) is 0 Å². The lowest BCUT2D eigenvalue weighted by Crippen LogP contribution is -1.91. The first kappa shape index (κ1) is 27.2. The van der Waals surface area contributed by atoms with Crippen molar-refractivity contribution < 1.29 is 8.83 Å². The maximum absolute atomic E-state index is 6.62. The van der Waals surface area contributed by atoms with Crippen LogP contribution in [0.5, 0.6) is 0 Å². The second-order valence-electron chi connectivity index (χ2n) is 12.4. The number of hydrogen-bond acceptors (Lipinski definition) is 3. The SMILES string of the molecule is C/C=C\C=C/c1cc(-c2ccc3c(c2)oc2c3ccc3c4ccccc4oc32)c2ccccc2c1-c1ccc2c(c1)sc1ccccc12. The van der Waals surface area contributed by atoms with Gasteiger partial charge in [0, 0.05) is 41.7 Å². The van der Waals surface area contributed by atoms with Crippen LogP contribution in [0.2, 0.25) is 0 Å². The zero-order valence-electron chi connectivity index (χ0n) is 26.2. The minimum atomic E-state index is 0.794. The van der Waals surface area contributed by atoms with E-state index in [1.807, 2.05) is 36.5 Å². The van der Waals surface area contributed by atoms with Crippen molar-refractivity contribution in [1.29, 1.82) is 0 Å². The molecule has 3 aromatic heterocycles. The third-order valence-corrected chi connectivity index (χ3v) is 10.8. The van der Waals surface area contributed by atoms with Gasteiger partial charge in [-0.1, -0.05) is 103 Å². The van der Waals surface area contributed by atoms with Gasteiger partial charge >= 0.3 is 0 Å². The monoisotopic (exact) mass is 632 g/mol. The van der Waals surface area contributed by atoms with Crippen LogP contribution in [0.15, 0.2) is 154 Å². The van der Waals surface area contributed by atoms with E-state index in [0.717, 1.165) is 49.4 Å². The lowest BCUT2D eigenvalue weighted by molar-refractivity contribution is 0.633. The largest absolute Gasteiger partial charge is 0.452 e. The first-order valence-electron chi connectivity index (χ1n) is 16.3. The highest BCUT2D eigenvalue weighted by atomic mass is 32.1. The Morgan fingerprint density at radius 2 is 1.10 bits per heavy atom. The average Bonchev–Trinajstić information content (AvgIpc) is 3.82. The third kappa shape index (κ3) is 4.05. The molecule has 0 bridgehead atoms. The summed E-state index contributed by atoms with van der Waals surface area (Å²) in [6.07, 6.45) is 8.53. The summed E-state index contributed by atoms with van der Waals surface area (Å²) in [5.74, 6) is 0. The molecule has 3 heteroatoms. The van der Waals surface area contributed by atoms with E-state index in [4.69, 9.17) is 8.83 Å². The molecule has 7 aromatic carbocycles. The van der Waals surface area contributed by atoms with Crippen molar-refractivity contribution in [2.75, 3.05) is 0 Å². The number of furan rings is 2. The molecule has 0 unspecified atom stereocenters. The summed E-state index contributed by atoms with van der Waals surface area (Å²) in [7, 11) is 0. The molecule has 3 heterocycles. The Labute approximate surface area is 280 Å². The van der Waals surface area contributed by atoms with E-state index < -0.39 is 0 Å². The van der Waals surface area contributed by atoms with Gasteiger partial charge in [0.1, 0.15) is 11.2 Å². The topological polar surface area (TPSA) is 26.3 Å². The van der Waals surface area contributed by atoms with Gasteiger partial charge in [-0.15, -0.1) is 11.3 Å². The number of allylic oxidation sites excluding steroid dienone is 3. The first-order chi connectivity index (χ1) is 23.7. The second-order valence-corrected chi connectivity index (χ2v) is 13.4. The molecule has 0 aliphatic rings. The molecule has 2 nitrogen and oxygen atoms in total. The van der Waals surface area contributed by atoms with Crippen LogP contribution in [0.3, 0.4) is 0 Å². The summed E-state index contributed by atoms with van der Waals surface area (Å²) < 4.78 is 15.6. The van der Waals surface area contributed by atoms with Crippen molar-refractivity contribution in [2.24, 2.45) is 0 Å². The molecule has 0 aliphatic heterocycles. The predicted octanol–water partition coefficient (Wildman–Crippen LogP) is 13.9. The van der Waals surface area contributed by atoms with E-state index in [1.165, 1.54) is 53.2 Å². The van der Waals surface area contributed by atoms with Crippen molar-refractivity contribution in [3.63, 3.8) is 0 Å². The smallest absolute Gasteiger partial charge is 0.178 e. The molecule has 226 valence electrons. The number of para-hydroxylation sites is 1. The molecule has 0 saturated heterocycles. The molecule has 0 fully saturated rings. The highest BCUT2D eigenvalue weighted by Gasteiger charge is 2.19. The molecule has 0 amide bonds. The number of fused-ring (bicyclic) bond motifs is 11. The molecular formula is C45H28O2S. The summed E-state index contributed by atoms with van der Waals surface area (Å²) in [5, 5.41) is 9.39. The van der Waals surface area contributed by atoms with Gasteiger partial charge in [-0.2, -0.15) is 0 Å². The first-order valence-corrected chi connectivity index (χ1v) is 17.1. The number of rotatable bonds is 4. The fourth-order valence-corrected chi connectivity index (χ4v) is 8.57. The summed E-state index contributed by atoms with van der Waals surface area (Å²) in [6, 6.07) is 45.8. The summed E-state index contributed by atoms with van der Waals surface area (Å²) >= 11 is 1.86. The minimum Gasteiger partial charge on any atom is -0.452 e. The standard InChI is InChI=1S/C45H28O2S/c1-2-3-4-11-28-24-38(27-18-20-32-37-23-22-36-31-13-7-9-16-39(31)46-44(36)45(37)47-40(32)25-27)30-12-5-6-15-35(30)43(28)29-19-21-34-33-14-8-10-17-41(33)48-42(34)26-29/h2-26H,1H3/b3-2-,11-4-. The quantitative estimate of drug-likeness (QED) is 0.180. The van der Waals surface area contributed by atoms with Crippen molar-refractivity contribution in [2.45, 2.75) is 6.92 Å². The van der Waals surface area contributed by atoms with E-state index >= 15 is 0 Å². The Morgan fingerprint density at radius 3 is 1.94 bits per heavy atom. The highest BCUT2D eigenvalue weighted by molar-refractivity contribution is 7.25. The van der Waals surface area contributed by atoms with Crippen LogP contribution in [0.1, 0.15) is 12.5 Å². The van der Waals surface area contributed by atoms with Crippen LogP contribution in [-0.2, 0) is 0 Å². The zero-order chi connectivity index (χ0) is 31.8. The molecule has 0 atom stereocenters. The normalized spacial score (nSPS) is 12.5. The average molecular weight is 633 g/mol. The number of thiophene rings is 1. The van der Waals surface area contributed by atoms with Gasteiger partial charge in [0.05, 0.1) is 0 Å². The Bertz CT molecular complexity index is 2960. The number of benzene rings is 7. The van der Waals surface area contributed by atoms with Gasteiger partial charge in [-0.25, -0.2) is 0 Å². The van der Waals surface area contributed by atoms with Crippen LogP contribution in [0.4, 0.5) is 0 Å². The molecule has 0 spiro atoms. The Kier molecular flexibility index (Phi) is 5.99. The lowest BCUT2D eigenvalue weighted by Gasteiger charge is -2.16. The highest BCUT2D eigenvalue weighted by Crippen LogP contribution is 2.44. The van der Waals surface area contributed by atoms with Gasteiger partial charge in [0.2, 0.25) is 0 Å². The molecule has 0 radical (unpaired) electrons. The van der Waals surface area contributed by atoms with Crippen LogP contribution in [0, 0.1) is 0 Å². The van der Waals surface area contributed by atoms with Gasteiger partial charge in [-0.05, 0) is 94.0 Å². The molecule has 10 rings (SSSR count). The lowest BCUT2D eigenvalue weighted by atomic mass is 9.87. The van der Waals surface area contributed by atoms with Gasteiger partial charge < -0.3 is 8.83 Å². The molecule has 0 aliphatic carbocycles. The molecule has 10 aromatic rings. The van der Waals surface area contributed by atoms with Crippen LogP contribution >= 0.6 is 11.3 Å². The summed E-state index contributed by atoms with van der Waals surface area (Å²) in [4.78, 5) is 0. The van der Waals surface area contributed by atoms with Crippen molar-refractivity contribution in [3.8, 4) is 22.3 Å². The molecular weight excluding hydrogens is 605 g/mol. The molecule has 0 N–H and O–H groups in total. The Morgan fingerprint density at radius 1 is 0.479 bits per heavy atom. The zero-order valence-corrected chi connectivity index (χ0v) is 27.0. The van der Waals surface area contributed by atoms with Gasteiger partial charge in [0.25, 0.3) is 0 Å². The van der Waals surface area contributed by atoms with Gasteiger partial charge in [-0.3, -0.25) is 0 Å². The molecule has 48 heavy (non-hydrogen) atoms. The fraction of sp³-hybridized carbons (Fsp3) is 0.0222. The summed E-state index contributed by atoms with van der Waals surface area (Å²) in [5.41, 5.74) is 9.25. The third-order valence-electron chi connectivity index (χ3n) is 9.62. The van der Waals surface area contributed by atoms with Crippen molar-refractivity contribution in [3.05, 3.63) is 151 Å². The van der Waals surface area contributed by atoms with Crippen LogP contribution in [0.25, 0.3) is 103 Å².